The molecule has 0 fully saturated rings. The topological polar surface area (TPSA) is 26.2 Å². The van der Waals surface area contributed by atoms with E-state index in [0.29, 0.717) is 5.92 Å². The Balaban J connectivity index is 2.24. The quantitative estimate of drug-likeness (QED) is 0.837. The molecule has 3 heteroatoms. The van der Waals surface area contributed by atoms with Crippen LogP contribution in [0.4, 0.5) is 0 Å². The number of rotatable bonds is 7. The number of ether oxygens (including phenoxy) is 1. The van der Waals surface area contributed by atoms with E-state index in [4.69, 9.17) is 4.74 Å². The largest absolute Gasteiger partial charge is 0.380 e. The van der Waals surface area contributed by atoms with Crippen LogP contribution in [0, 0.1) is 5.92 Å². The van der Waals surface area contributed by atoms with Gasteiger partial charge in [-0.15, -0.1) is 0 Å². The Morgan fingerprint density at radius 2 is 1.95 bits per heavy atom. The molecule has 0 saturated heterocycles. The molecule has 20 heavy (non-hydrogen) atoms. The van der Waals surface area contributed by atoms with E-state index in [9.17, 15) is 0 Å². The fourth-order valence-corrected chi connectivity index (χ4v) is 2.45. The van der Waals surface area contributed by atoms with E-state index in [0.717, 1.165) is 19.6 Å². The van der Waals surface area contributed by atoms with Gasteiger partial charge in [-0.05, 0) is 36.9 Å². The summed E-state index contributed by atoms with van der Waals surface area (Å²) in [5.74, 6) is 0.672. The fourth-order valence-electron chi connectivity index (χ4n) is 2.45. The van der Waals surface area contributed by atoms with Crippen LogP contribution < -0.4 is 5.32 Å². The Morgan fingerprint density at radius 3 is 2.65 bits per heavy atom. The SMILES string of the molecule is COC(C)Cn1c(CNCC(C)C)cc2ccccc21. The molecule has 1 aromatic carbocycles. The first kappa shape index (κ1) is 15.1. The third-order valence-electron chi connectivity index (χ3n) is 3.60. The summed E-state index contributed by atoms with van der Waals surface area (Å²) in [6.45, 7) is 9.42. The monoisotopic (exact) mass is 274 g/mol. The number of methoxy groups -OCH3 is 1. The van der Waals surface area contributed by atoms with Gasteiger partial charge in [0.25, 0.3) is 0 Å². The molecule has 110 valence electrons. The zero-order valence-corrected chi connectivity index (χ0v) is 13.0. The normalized spacial score (nSPS) is 13.2. The standard InChI is InChI=1S/C17H26N2O/c1-13(2)10-18-11-16-9-15-7-5-6-8-17(15)19(16)12-14(3)20-4/h5-9,13-14,18H,10-12H2,1-4H3. The zero-order chi connectivity index (χ0) is 14.5. The number of para-hydroxylation sites is 1. The number of nitrogens with one attached hydrogen (secondary N) is 1. The predicted octanol–water partition coefficient (Wildman–Crippen LogP) is 3.42. The van der Waals surface area contributed by atoms with Crippen LogP contribution in [0.25, 0.3) is 10.9 Å². The van der Waals surface area contributed by atoms with Crippen molar-refractivity contribution in [3.05, 3.63) is 36.0 Å². The lowest BCUT2D eigenvalue weighted by atomic mass is 10.2. The molecule has 0 amide bonds. The maximum Gasteiger partial charge on any atom is 0.0722 e. The van der Waals surface area contributed by atoms with Crippen molar-refractivity contribution in [2.75, 3.05) is 13.7 Å². The van der Waals surface area contributed by atoms with E-state index >= 15 is 0 Å². The van der Waals surface area contributed by atoms with E-state index in [1.54, 1.807) is 7.11 Å². The van der Waals surface area contributed by atoms with Gasteiger partial charge in [-0.2, -0.15) is 0 Å². The van der Waals surface area contributed by atoms with Crippen molar-refractivity contribution in [1.82, 2.24) is 9.88 Å². The highest BCUT2D eigenvalue weighted by atomic mass is 16.5. The first-order valence-electron chi connectivity index (χ1n) is 7.42. The maximum atomic E-state index is 5.43. The van der Waals surface area contributed by atoms with Gasteiger partial charge in [-0.3, -0.25) is 0 Å². The third-order valence-corrected chi connectivity index (χ3v) is 3.60. The summed E-state index contributed by atoms with van der Waals surface area (Å²) < 4.78 is 7.80. The molecule has 3 nitrogen and oxygen atoms in total. The molecule has 2 rings (SSSR count). The van der Waals surface area contributed by atoms with Gasteiger partial charge in [-0.25, -0.2) is 0 Å². The van der Waals surface area contributed by atoms with Gasteiger partial charge in [0, 0.05) is 31.4 Å². The summed E-state index contributed by atoms with van der Waals surface area (Å²) >= 11 is 0. The number of nitrogens with zero attached hydrogens (tertiary/aromatic N) is 1. The first-order valence-corrected chi connectivity index (χ1v) is 7.42. The van der Waals surface area contributed by atoms with E-state index in [2.05, 4.69) is 61.0 Å². The van der Waals surface area contributed by atoms with Crippen LogP contribution >= 0.6 is 0 Å². The van der Waals surface area contributed by atoms with E-state index in [1.165, 1.54) is 16.6 Å². The molecule has 1 unspecified atom stereocenters. The number of fused-ring (bicyclic) bond motifs is 1. The number of hydrogen-bond donors (Lipinski definition) is 1. The number of aromatic nitrogens is 1. The van der Waals surface area contributed by atoms with Crippen molar-refractivity contribution in [3.63, 3.8) is 0 Å². The third kappa shape index (κ3) is 3.62. The molecular formula is C17H26N2O. The minimum atomic E-state index is 0.217. The number of hydrogen-bond acceptors (Lipinski definition) is 2. The van der Waals surface area contributed by atoms with Gasteiger partial charge in [-0.1, -0.05) is 32.0 Å². The molecule has 1 heterocycles. The fraction of sp³-hybridized carbons (Fsp3) is 0.529. The Hall–Kier alpha value is -1.32. The van der Waals surface area contributed by atoms with Crippen molar-refractivity contribution >= 4 is 10.9 Å². The Labute approximate surface area is 121 Å². The minimum absolute atomic E-state index is 0.217. The van der Waals surface area contributed by atoms with Gasteiger partial charge in [0.15, 0.2) is 0 Å². The lowest BCUT2D eigenvalue weighted by Gasteiger charge is -2.16. The van der Waals surface area contributed by atoms with Gasteiger partial charge >= 0.3 is 0 Å². The Morgan fingerprint density at radius 1 is 1.20 bits per heavy atom. The van der Waals surface area contributed by atoms with Gasteiger partial charge in [0.2, 0.25) is 0 Å². The van der Waals surface area contributed by atoms with Gasteiger partial charge in [0.05, 0.1) is 6.10 Å². The second-order valence-corrected chi connectivity index (χ2v) is 5.88. The van der Waals surface area contributed by atoms with Crippen LogP contribution in [-0.2, 0) is 17.8 Å². The maximum absolute atomic E-state index is 5.43. The average Bonchev–Trinajstić information content (AvgIpc) is 2.76. The van der Waals surface area contributed by atoms with Gasteiger partial charge < -0.3 is 14.6 Å². The molecule has 2 aromatic rings. The first-order chi connectivity index (χ1) is 9.61. The van der Waals surface area contributed by atoms with Crippen LogP contribution in [0.5, 0.6) is 0 Å². The molecule has 1 atom stereocenters. The van der Waals surface area contributed by atoms with E-state index < -0.39 is 0 Å². The van der Waals surface area contributed by atoms with E-state index in [-0.39, 0.29) is 6.10 Å². The van der Waals surface area contributed by atoms with Crippen molar-refractivity contribution in [3.8, 4) is 0 Å². The molecule has 1 N–H and O–H groups in total. The lowest BCUT2D eigenvalue weighted by Crippen LogP contribution is -2.23. The second-order valence-electron chi connectivity index (χ2n) is 5.88. The summed E-state index contributed by atoms with van der Waals surface area (Å²) in [5.41, 5.74) is 2.62. The summed E-state index contributed by atoms with van der Waals surface area (Å²) in [6, 6.07) is 10.8. The molecule has 0 spiro atoms. The van der Waals surface area contributed by atoms with E-state index in [1.807, 2.05) is 0 Å². The molecular weight excluding hydrogens is 248 g/mol. The highest BCUT2D eigenvalue weighted by Crippen LogP contribution is 2.20. The molecule has 0 aliphatic rings. The Kier molecular flexibility index (Phi) is 5.21. The lowest BCUT2D eigenvalue weighted by molar-refractivity contribution is 0.103. The zero-order valence-electron chi connectivity index (χ0n) is 13.0. The van der Waals surface area contributed by atoms with Crippen LogP contribution in [0.15, 0.2) is 30.3 Å². The Bertz CT molecular complexity index is 545. The van der Waals surface area contributed by atoms with Crippen LogP contribution in [-0.4, -0.2) is 24.3 Å². The second kappa shape index (κ2) is 6.91. The molecule has 1 aromatic heterocycles. The molecule has 0 saturated carbocycles. The van der Waals surface area contributed by atoms with Crippen molar-refractivity contribution in [2.45, 2.75) is 40.0 Å². The molecule has 0 bridgehead atoms. The highest BCUT2D eigenvalue weighted by Gasteiger charge is 2.11. The van der Waals surface area contributed by atoms with Crippen LogP contribution in [0.3, 0.4) is 0 Å². The van der Waals surface area contributed by atoms with Gasteiger partial charge in [0.1, 0.15) is 0 Å². The highest BCUT2D eigenvalue weighted by molar-refractivity contribution is 5.81. The average molecular weight is 274 g/mol. The van der Waals surface area contributed by atoms with Crippen LogP contribution in [0.2, 0.25) is 0 Å². The number of benzene rings is 1. The smallest absolute Gasteiger partial charge is 0.0722 e. The van der Waals surface area contributed by atoms with Crippen molar-refractivity contribution in [1.29, 1.82) is 0 Å². The predicted molar refractivity (Wildman–Crippen MR) is 85.0 cm³/mol. The van der Waals surface area contributed by atoms with Crippen molar-refractivity contribution < 1.29 is 4.74 Å². The molecule has 0 aliphatic heterocycles. The molecule has 0 aliphatic carbocycles. The summed E-state index contributed by atoms with van der Waals surface area (Å²) in [5, 5.41) is 4.84. The minimum Gasteiger partial charge on any atom is -0.380 e. The summed E-state index contributed by atoms with van der Waals surface area (Å²) in [4.78, 5) is 0. The van der Waals surface area contributed by atoms with Crippen molar-refractivity contribution in [2.24, 2.45) is 5.92 Å². The molecule has 0 radical (unpaired) electrons. The van der Waals surface area contributed by atoms with Crippen LogP contribution in [0.1, 0.15) is 26.5 Å². The summed E-state index contributed by atoms with van der Waals surface area (Å²) in [6.07, 6.45) is 0.217. The summed E-state index contributed by atoms with van der Waals surface area (Å²) in [7, 11) is 1.77.